The first-order valence-electron chi connectivity index (χ1n) is 7.54. The van der Waals surface area contributed by atoms with Gasteiger partial charge in [0.1, 0.15) is 0 Å². The number of halogens is 4. The summed E-state index contributed by atoms with van der Waals surface area (Å²) in [5, 5.41) is 5.10. The van der Waals surface area contributed by atoms with Crippen LogP contribution in [-0.2, 0) is 0 Å². The van der Waals surface area contributed by atoms with Gasteiger partial charge in [-0.2, -0.15) is 13.2 Å². The van der Waals surface area contributed by atoms with E-state index in [0.717, 1.165) is 29.4 Å². The van der Waals surface area contributed by atoms with Gasteiger partial charge >= 0.3 is 6.18 Å². The lowest BCUT2D eigenvalue weighted by atomic mass is 9.95. The normalized spacial score (nSPS) is 17.7. The summed E-state index contributed by atoms with van der Waals surface area (Å²) < 4.78 is 39.3. The predicted molar refractivity (Wildman–Crippen MR) is 89.1 cm³/mol. The van der Waals surface area contributed by atoms with Gasteiger partial charge in [-0.15, -0.1) is 12.4 Å². The van der Waals surface area contributed by atoms with E-state index < -0.39 is 18.6 Å². The van der Waals surface area contributed by atoms with Crippen LogP contribution in [0, 0.1) is 0 Å². The Hall–Kier alpha value is -1.30. The molecule has 23 heavy (non-hydrogen) atoms. The molecule has 1 aliphatic rings. The van der Waals surface area contributed by atoms with Crippen LogP contribution in [0.25, 0.3) is 10.8 Å². The molecule has 2 aromatic carbocycles. The highest BCUT2D eigenvalue weighted by molar-refractivity contribution is 5.86. The molecule has 1 N–H and O–H groups in total. The fourth-order valence-corrected chi connectivity index (χ4v) is 3.19. The van der Waals surface area contributed by atoms with E-state index in [4.69, 9.17) is 0 Å². The maximum Gasteiger partial charge on any atom is 0.390 e. The van der Waals surface area contributed by atoms with Crippen LogP contribution in [-0.4, -0.2) is 37.3 Å². The number of benzene rings is 2. The molecule has 1 fully saturated rings. The average molecular weight is 345 g/mol. The average Bonchev–Trinajstić information content (AvgIpc) is 2.52. The molecule has 1 atom stereocenters. The number of nitrogens with zero attached hydrogens (tertiary/aromatic N) is 1. The van der Waals surface area contributed by atoms with Gasteiger partial charge in [-0.05, 0) is 16.3 Å². The fourth-order valence-electron chi connectivity index (χ4n) is 3.19. The zero-order valence-corrected chi connectivity index (χ0v) is 13.5. The minimum Gasteiger partial charge on any atom is -0.314 e. The largest absolute Gasteiger partial charge is 0.390 e. The third-order valence-electron chi connectivity index (χ3n) is 4.20. The van der Waals surface area contributed by atoms with Crippen LogP contribution in [0.2, 0.25) is 0 Å². The molecular formula is C17H20ClF3N2. The van der Waals surface area contributed by atoms with Gasteiger partial charge in [0.25, 0.3) is 0 Å². The Balaban J connectivity index is 0.00000192. The van der Waals surface area contributed by atoms with E-state index in [9.17, 15) is 13.2 Å². The molecule has 6 heteroatoms. The molecule has 1 saturated heterocycles. The van der Waals surface area contributed by atoms with E-state index in [1.165, 1.54) is 0 Å². The third-order valence-corrected chi connectivity index (χ3v) is 4.20. The zero-order chi connectivity index (χ0) is 15.6. The Morgan fingerprint density at radius 2 is 1.65 bits per heavy atom. The van der Waals surface area contributed by atoms with Crippen LogP contribution in [0.4, 0.5) is 13.2 Å². The molecule has 2 aromatic rings. The number of nitrogens with one attached hydrogen (secondary N) is 1. The lowest BCUT2D eigenvalue weighted by Crippen LogP contribution is -2.46. The van der Waals surface area contributed by atoms with E-state index in [1.54, 1.807) is 0 Å². The predicted octanol–water partition coefficient (Wildman–Crippen LogP) is 4.16. The van der Waals surface area contributed by atoms with Crippen molar-refractivity contribution >= 4 is 23.2 Å². The summed E-state index contributed by atoms with van der Waals surface area (Å²) in [6, 6.07) is 12.7. The first kappa shape index (κ1) is 18.0. The smallest absolute Gasteiger partial charge is 0.314 e. The Morgan fingerprint density at radius 3 is 2.35 bits per heavy atom. The van der Waals surface area contributed by atoms with Crippen molar-refractivity contribution in [1.29, 1.82) is 0 Å². The number of hydrogen-bond acceptors (Lipinski definition) is 2. The van der Waals surface area contributed by atoms with E-state index in [1.807, 2.05) is 47.4 Å². The van der Waals surface area contributed by atoms with Crippen LogP contribution in [0.5, 0.6) is 0 Å². The van der Waals surface area contributed by atoms with Crippen molar-refractivity contribution in [2.24, 2.45) is 0 Å². The number of piperazine rings is 1. The van der Waals surface area contributed by atoms with E-state index in [0.29, 0.717) is 13.1 Å². The molecule has 2 nitrogen and oxygen atoms in total. The van der Waals surface area contributed by atoms with Gasteiger partial charge in [-0.25, -0.2) is 0 Å². The SMILES string of the molecule is Cl.FC(F)(F)C[C@H](c1cccc2ccccc12)N1CCNCC1. The monoisotopic (exact) mass is 344 g/mol. The summed E-state index contributed by atoms with van der Waals surface area (Å²) in [6.45, 7) is 2.76. The van der Waals surface area contributed by atoms with Gasteiger partial charge in [-0.1, -0.05) is 42.5 Å². The van der Waals surface area contributed by atoms with Gasteiger partial charge in [0, 0.05) is 32.2 Å². The van der Waals surface area contributed by atoms with Crippen molar-refractivity contribution in [3.05, 3.63) is 48.0 Å². The molecular weight excluding hydrogens is 325 g/mol. The summed E-state index contributed by atoms with van der Waals surface area (Å²) in [6.07, 6.45) is -4.98. The molecule has 0 unspecified atom stereocenters. The summed E-state index contributed by atoms with van der Waals surface area (Å²) in [4.78, 5) is 1.95. The molecule has 0 amide bonds. The molecule has 0 spiro atoms. The third kappa shape index (κ3) is 4.37. The number of rotatable bonds is 3. The van der Waals surface area contributed by atoms with Gasteiger partial charge in [0.15, 0.2) is 0 Å². The lowest BCUT2D eigenvalue weighted by Gasteiger charge is -2.36. The van der Waals surface area contributed by atoms with Crippen molar-refractivity contribution in [3.8, 4) is 0 Å². The quantitative estimate of drug-likeness (QED) is 0.899. The van der Waals surface area contributed by atoms with E-state index >= 15 is 0 Å². The Labute approximate surface area is 140 Å². The lowest BCUT2D eigenvalue weighted by molar-refractivity contribution is -0.148. The molecule has 0 bridgehead atoms. The van der Waals surface area contributed by atoms with Crippen LogP contribution in [0.3, 0.4) is 0 Å². The summed E-state index contributed by atoms with van der Waals surface area (Å²) in [7, 11) is 0. The summed E-state index contributed by atoms with van der Waals surface area (Å²) in [5.41, 5.74) is 0.775. The zero-order valence-electron chi connectivity index (χ0n) is 12.6. The molecule has 1 heterocycles. The minimum atomic E-state index is -4.17. The second kappa shape index (κ2) is 7.51. The number of fused-ring (bicyclic) bond motifs is 1. The summed E-state index contributed by atoms with van der Waals surface area (Å²) >= 11 is 0. The molecule has 0 aromatic heterocycles. The van der Waals surface area contributed by atoms with Crippen molar-refractivity contribution in [2.75, 3.05) is 26.2 Å². The fraction of sp³-hybridized carbons (Fsp3) is 0.412. The maximum absolute atomic E-state index is 13.1. The molecule has 0 saturated carbocycles. The van der Waals surface area contributed by atoms with Crippen LogP contribution >= 0.6 is 12.4 Å². The Morgan fingerprint density at radius 1 is 1.00 bits per heavy atom. The highest BCUT2D eigenvalue weighted by atomic mass is 35.5. The van der Waals surface area contributed by atoms with Gasteiger partial charge in [0.05, 0.1) is 6.42 Å². The van der Waals surface area contributed by atoms with Crippen molar-refractivity contribution in [2.45, 2.75) is 18.6 Å². The van der Waals surface area contributed by atoms with Crippen LogP contribution in [0.1, 0.15) is 18.0 Å². The molecule has 0 radical (unpaired) electrons. The van der Waals surface area contributed by atoms with E-state index in [-0.39, 0.29) is 12.4 Å². The highest BCUT2D eigenvalue weighted by Gasteiger charge is 2.36. The number of hydrogen-bond donors (Lipinski definition) is 1. The molecule has 126 valence electrons. The van der Waals surface area contributed by atoms with Gasteiger partial charge in [-0.3, -0.25) is 4.90 Å². The second-order valence-electron chi connectivity index (χ2n) is 5.69. The summed E-state index contributed by atoms with van der Waals surface area (Å²) in [5.74, 6) is 0. The maximum atomic E-state index is 13.1. The highest BCUT2D eigenvalue weighted by Crippen LogP contribution is 2.37. The topological polar surface area (TPSA) is 15.3 Å². The second-order valence-corrected chi connectivity index (χ2v) is 5.69. The molecule has 0 aliphatic carbocycles. The standard InChI is InChI=1S/C17H19F3N2.ClH/c18-17(19,20)12-16(22-10-8-21-9-11-22)15-7-3-5-13-4-1-2-6-14(13)15;/h1-7,16,21H,8-12H2;1H/t16-;/m1./s1. The van der Waals surface area contributed by atoms with Gasteiger partial charge in [0.2, 0.25) is 0 Å². The van der Waals surface area contributed by atoms with Crippen LogP contribution < -0.4 is 5.32 Å². The first-order valence-corrected chi connectivity index (χ1v) is 7.54. The minimum absolute atomic E-state index is 0. The Bertz CT molecular complexity index is 634. The van der Waals surface area contributed by atoms with Crippen molar-refractivity contribution < 1.29 is 13.2 Å². The van der Waals surface area contributed by atoms with Crippen molar-refractivity contribution in [3.63, 3.8) is 0 Å². The van der Waals surface area contributed by atoms with Gasteiger partial charge < -0.3 is 5.32 Å². The van der Waals surface area contributed by atoms with Crippen molar-refractivity contribution in [1.82, 2.24) is 10.2 Å². The molecule has 3 rings (SSSR count). The Kier molecular flexibility index (Phi) is 5.89. The van der Waals surface area contributed by atoms with E-state index in [2.05, 4.69) is 5.32 Å². The van der Waals surface area contributed by atoms with Crippen LogP contribution in [0.15, 0.2) is 42.5 Å². The molecule has 1 aliphatic heterocycles. The first-order chi connectivity index (χ1) is 10.5. The number of alkyl halides is 3.